The highest BCUT2D eigenvalue weighted by Crippen LogP contribution is 2.44. The minimum absolute atomic E-state index is 1.11. The minimum Gasteiger partial charge on any atom is -0.0619 e. The molecule has 0 spiro atoms. The van der Waals surface area contributed by atoms with E-state index < -0.39 is 0 Å². The van der Waals surface area contributed by atoms with Gasteiger partial charge in [-0.2, -0.15) is 0 Å². The number of fused-ring (bicyclic) bond motifs is 2. The Morgan fingerprint density at radius 2 is 1.09 bits per heavy atom. The molecule has 0 aliphatic heterocycles. The van der Waals surface area contributed by atoms with E-state index in [0.717, 1.165) is 19.3 Å². The molecule has 0 fully saturated rings. The number of rotatable bonds is 4. The first-order valence-electron chi connectivity index (χ1n) is 8.90. The molecule has 2 aliphatic carbocycles. The number of hydrogen-bond acceptors (Lipinski definition) is 0. The van der Waals surface area contributed by atoms with Crippen molar-refractivity contribution in [2.24, 2.45) is 0 Å². The third-order valence-corrected chi connectivity index (χ3v) is 5.55. The molecule has 0 saturated heterocycles. The lowest BCUT2D eigenvalue weighted by molar-refractivity contribution is 1.02. The van der Waals surface area contributed by atoms with Crippen molar-refractivity contribution in [2.45, 2.75) is 46.0 Å². The second kappa shape index (κ2) is 5.85. The molecule has 2 aliphatic rings. The Kier molecular flexibility index (Phi) is 3.69. The van der Waals surface area contributed by atoms with Crippen LogP contribution in [-0.4, -0.2) is 0 Å². The van der Waals surface area contributed by atoms with Crippen molar-refractivity contribution in [1.29, 1.82) is 0 Å². The van der Waals surface area contributed by atoms with Crippen molar-refractivity contribution >= 4 is 11.1 Å². The Labute approximate surface area is 139 Å². The van der Waals surface area contributed by atoms with Gasteiger partial charge < -0.3 is 0 Å². The van der Waals surface area contributed by atoms with Gasteiger partial charge in [0.05, 0.1) is 0 Å². The van der Waals surface area contributed by atoms with E-state index in [-0.39, 0.29) is 0 Å². The van der Waals surface area contributed by atoms with E-state index in [2.05, 4.69) is 62.4 Å². The van der Waals surface area contributed by atoms with Crippen LogP contribution >= 0.6 is 0 Å². The summed E-state index contributed by atoms with van der Waals surface area (Å²) in [4.78, 5) is 0. The van der Waals surface area contributed by atoms with Gasteiger partial charge in [0.15, 0.2) is 0 Å². The molecule has 0 saturated carbocycles. The molecule has 0 heterocycles. The average Bonchev–Trinajstić information content (AvgIpc) is 3.14. The molecule has 0 atom stereocenters. The lowest BCUT2D eigenvalue weighted by Gasteiger charge is -2.12. The van der Waals surface area contributed by atoms with Gasteiger partial charge in [0.25, 0.3) is 0 Å². The van der Waals surface area contributed by atoms with Crippen LogP contribution in [0.3, 0.4) is 0 Å². The number of benzene rings is 2. The van der Waals surface area contributed by atoms with Crippen LogP contribution in [0.4, 0.5) is 0 Å². The van der Waals surface area contributed by atoms with E-state index >= 15 is 0 Å². The van der Waals surface area contributed by atoms with Gasteiger partial charge in [-0.3, -0.25) is 0 Å². The highest BCUT2D eigenvalue weighted by atomic mass is 14.3. The van der Waals surface area contributed by atoms with Crippen molar-refractivity contribution in [1.82, 2.24) is 0 Å². The second-order valence-corrected chi connectivity index (χ2v) is 6.72. The molecule has 0 radical (unpaired) electrons. The lowest BCUT2D eigenvalue weighted by Crippen LogP contribution is -1.91. The maximum Gasteiger partial charge on any atom is -0.00144 e. The first-order chi connectivity index (χ1) is 11.3. The summed E-state index contributed by atoms with van der Waals surface area (Å²) < 4.78 is 0. The van der Waals surface area contributed by atoms with Crippen molar-refractivity contribution in [3.8, 4) is 0 Å². The molecule has 4 rings (SSSR count). The van der Waals surface area contributed by atoms with E-state index in [4.69, 9.17) is 0 Å². The van der Waals surface area contributed by atoms with E-state index in [9.17, 15) is 0 Å². The first kappa shape index (κ1) is 14.5. The largest absolute Gasteiger partial charge is 0.0619 e. The molecule has 0 aromatic heterocycles. The van der Waals surface area contributed by atoms with Crippen molar-refractivity contribution in [3.63, 3.8) is 0 Å². The van der Waals surface area contributed by atoms with Gasteiger partial charge in [-0.25, -0.2) is 0 Å². The highest BCUT2D eigenvalue weighted by molar-refractivity contribution is 5.88. The SMILES string of the molecule is CCC1=C(CC2=C(CC)Cc3ccccc32)c2ccccc2C1. The molecule has 0 heteroatoms. The summed E-state index contributed by atoms with van der Waals surface area (Å²) in [6, 6.07) is 18.0. The van der Waals surface area contributed by atoms with Crippen molar-refractivity contribution < 1.29 is 0 Å². The zero-order valence-corrected chi connectivity index (χ0v) is 14.2. The molecule has 0 unspecified atom stereocenters. The third kappa shape index (κ3) is 2.37. The molecule has 23 heavy (non-hydrogen) atoms. The number of hydrogen-bond donors (Lipinski definition) is 0. The standard InChI is InChI=1S/C23H24/c1-3-16-13-18-9-5-7-11-20(18)22(16)15-23-17(4-2)14-19-10-6-8-12-21(19)23/h5-12H,3-4,13-15H2,1-2H3. The first-order valence-corrected chi connectivity index (χ1v) is 8.90. The lowest BCUT2D eigenvalue weighted by atomic mass is 9.92. The van der Waals surface area contributed by atoms with E-state index in [1.165, 1.54) is 35.1 Å². The van der Waals surface area contributed by atoms with Crippen LogP contribution in [0.25, 0.3) is 11.1 Å². The molecule has 2 aromatic rings. The summed E-state index contributed by atoms with van der Waals surface area (Å²) in [6.07, 6.45) is 5.75. The zero-order chi connectivity index (χ0) is 15.8. The maximum absolute atomic E-state index is 2.32. The van der Waals surface area contributed by atoms with E-state index in [0.29, 0.717) is 0 Å². The highest BCUT2D eigenvalue weighted by Gasteiger charge is 2.25. The predicted molar refractivity (Wildman–Crippen MR) is 99.3 cm³/mol. The molecule has 0 N–H and O–H groups in total. The van der Waals surface area contributed by atoms with Gasteiger partial charge in [-0.1, -0.05) is 73.5 Å². The van der Waals surface area contributed by atoms with Crippen LogP contribution in [0, 0.1) is 0 Å². The van der Waals surface area contributed by atoms with Crippen LogP contribution in [0.15, 0.2) is 59.7 Å². The molecular weight excluding hydrogens is 276 g/mol. The van der Waals surface area contributed by atoms with Crippen molar-refractivity contribution in [2.75, 3.05) is 0 Å². The Morgan fingerprint density at radius 1 is 0.652 bits per heavy atom. The zero-order valence-electron chi connectivity index (χ0n) is 14.2. The van der Waals surface area contributed by atoms with Crippen LogP contribution in [0.5, 0.6) is 0 Å². The summed E-state index contributed by atoms with van der Waals surface area (Å²) in [7, 11) is 0. The van der Waals surface area contributed by atoms with Gasteiger partial charge in [0, 0.05) is 0 Å². The Morgan fingerprint density at radius 3 is 1.52 bits per heavy atom. The smallest absolute Gasteiger partial charge is 0.00144 e. The van der Waals surface area contributed by atoms with Gasteiger partial charge in [-0.05, 0) is 65.5 Å². The van der Waals surface area contributed by atoms with Gasteiger partial charge in [0.2, 0.25) is 0 Å². The molecule has 0 amide bonds. The molecule has 0 nitrogen and oxygen atoms in total. The summed E-state index contributed by atoms with van der Waals surface area (Å²) in [5.41, 5.74) is 12.5. The van der Waals surface area contributed by atoms with Crippen LogP contribution in [-0.2, 0) is 12.8 Å². The predicted octanol–water partition coefficient (Wildman–Crippen LogP) is 6.22. The van der Waals surface area contributed by atoms with Crippen LogP contribution < -0.4 is 0 Å². The number of allylic oxidation sites excluding steroid dienone is 4. The third-order valence-electron chi connectivity index (χ3n) is 5.55. The van der Waals surface area contributed by atoms with E-state index in [1.54, 1.807) is 22.3 Å². The van der Waals surface area contributed by atoms with Gasteiger partial charge >= 0.3 is 0 Å². The Bertz CT molecular complexity index is 748. The fourth-order valence-electron chi connectivity index (χ4n) is 4.29. The average molecular weight is 300 g/mol. The topological polar surface area (TPSA) is 0 Å². The minimum atomic E-state index is 1.11. The second-order valence-electron chi connectivity index (χ2n) is 6.72. The van der Waals surface area contributed by atoms with Gasteiger partial charge in [-0.15, -0.1) is 0 Å². The summed E-state index contributed by atoms with van der Waals surface area (Å²) in [5, 5.41) is 0. The van der Waals surface area contributed by atoms with Crippen molar-refractivity contribution in [3.05, 3.63) is 81.9 Å². The molecule has 116 valence electrons. The Balaban J connectivity index is 1.77. The molecule has 0 bridgehead atoms. The molecular formula is C23H24. The molecule has 2 aromatic carbocycles. The summed E-state index contributed by atoms with van der Waals surface area (Å²) in [6.45, 7) is 4.61. The fraction of sp³-hybridized carbons (Fsp3) is 0.304. The maximum atomic E-state index is 2.32. The van der Waals surface area contributed by atoms with Crippen LogP contribution in [0.1, 0.15) is 55.4 Å². The van der Waals surface area contributed by atoms with E-state index in [1.807, 2.05) is 0 Å². The fourth-order valence-corrected chi connectivity index (χ4v) is 4.29. The van der Waals surface area contributed by atoms with Crippen LogP contribution in [0.2, 0.25) is 0 Å². The van der Waals surface area contributed by atoms with Gasteiger partial charge in [0.1, 0.15) is 0 Å². The monoisotopic (exact) mass is 300 g/mol. The normalized spacial score (nSPS) is 16.1. The summed E-state index contributed by atoms with van der Waals surface area (Å²) in [5.74, 6) is 0. The quantitative estimate of drug-likeness (QED) is 0.629. The summed E-state index contributed by atoms with van der Waals surface area (Å²) >= 11 is 0. The Hall–Kier alpha value is -2.08.